The highest BCUT2D eigenvalue weighted by Crippen LogP contribution is 2.32. The van der Waals surface area contributed by atoms with Crippen LogP contribution in [0.1, 0.15) is 32.1 Å². The first-order valence-electron chi connectivity index (χ1n) is 8.52. The predicted octanol–water partition coefficient (Wildman–Crippen LogP) is 4.91. The van der Waals surface area contributed by atoms with Gasteiger partial charge < -0.3 is 14.8 Å². The topological polar surface area (TPSA) is 43.4 Å². The number of ether oxygens (including phenoxy) is 2. The number of hydrogen-bond donors (Lipinski definition) is 1. The first-order chi connectivity index (χ1) is 12.6. The molecule has 0 fully saturated rings. The quantitative estimate of drug-likeness (QED) is 0.595. The minimum Gasteiger partial charge on any atom is -0.493 e. The van der Waals surface area contributed by atoms with E-state index in [1.807, 2.05) is 12.1 Å². The number of para-hydroxylation sites is 1. The Hall–Kier alpha value is -1.89. The summed E-state index contributed by atoms with van der Waals surface area (Å²) in [6, 6.07) is 10.4. The molecule has 2 aromatic heterocycles. The zero-order valence-corrected chi connectivity index (χ0v) is 17.2. The fraction of sp³-hybridized carbons (Fsp3) is 0.350. The molecule has 4 nitrogen and oxygen atoms in total. The number of thiophene rings is 1. The van der Waals surface area contributed by atoms with E-state index >= 15 is 0 Å². The summed E-state index contributed by atoms with van der Waals surface area (Å²) < 4.78 is 11.0. The summed E-state index contributed by atoms with van der Waals surface area (Å²) in [5, 5.41) is 6.93. The number of thiazole rings is 1. The zero-order valence-electron chi connectivity index (χ0n) is 15.5. The van der Waals surface area contributed by atoms with Crippen molar-refractivity contribution in [1.29, 1.82) is 0 Å². The lowest BCUT2D eigenvalue weighted by Gasteiger charge is -2.18. The maximum Gasteiger partial charge on any atom is 0.165 e. The minimum absolute atomic E-state index is 0.168. The number of aryl methyl sites for hydroxylation is 2. The molecular weight excluding hydrogens is 364 g/mol. The molecule has 3 rings (SSSR count). The molecule has 1 N–H and O–H groups in total. The van der Waals surface area contributed by atoms with Crippen LogP contribution in [-0.4, -0.2) is 19.2 Å². The molecule has 0 saturated heterocycles. The Kier molecular flexibility index (Phi) is 6.29. The van der Waals surface area contributed by atoms with Crippen LogP contribution >= 0.6 is 22.7 Å². The maximum absolute atomic E-state index is 5.56. The number of nitrogens with zero attached hydrogens (tertiary/aromatic N) is 1. The Bertz CT molecular complexity index is 824. The summed E-state index contributed by atoms with van der Waals surface area (Å²) in [5.74, 6) is 1.53. The third-order valence-electron chi connectivity index (χ3n) is 4.35. The van der Waals surface area contributed by atoms with Crippen molar-refractivity contribution in [2.45, 2.75) is 32.9 Å². The van der Waals surface area contributed by atoms with Gasteiger partial charge in [0.2, 0.25) is 0 Å². The number of rotatable bonds is 8. The number of methoxy groups -OCH3 is 2. The van der Waals surface area contributed by atoms with E-state index in [4.69, 9.17) is 14.5 Å². The Balaban J connectivity index is 1.82. The van der Waals surface area contributed by atoms with Gasteiger partial charge in [0, 0.05) is 28.3 Å². The molecule has 0 radical (unpaired) electrons. The number of aromatic nitrogens is 1. The van der Waals surface area contributed by atoms with Crippen molar-refractivity contribution in [3.8, 4) is 11.5 Å². The maximum atomic E-state index is 5.56. The van der Waals surface area contributed by atoms with Crippen molar-refractivity contribution in [2.75, 3.05) is 14.2 Å². The van der Waals surface area contributed by atoms with Crippen LogP contribution in [0.2, 0.25) is 0 Å². The molecule has 0 unspecified atom stereocenters. The highest BCUT2D eigenvalue weighted by Gasteiger charge is 2.19. The van der Waals surface area contributed by atoms with Crippen LogP contribution in [0.3, 0.4) is 0 Å². The summed E-state index contributed by atoms with van der Waals surface area (Å²) in [6.45, 7) is 4.89. The lowest BCUT2D eigenvalue weighted by molar-refractivity contribution is 0.349. The molecule has 0 aliphatic carbocycles. The second-order valence-corrected chi connectivity index (χ2v) is 8.33. The summed E-state index contributed by atoms with van der Waals surface area (Å²) in [4.78, 5) is 7.41. The standard InChI is InChI=1S/C20H24N2O2S2/c1-13-14(2)26-20(22-13)17(11-16-8-6-10-25-16)21-12-15-7-5-9-18(23-3)19(15)24-4/h5-10,17,21H,11-12H2,1-4H3/t17-/m0/s1. The highest BCUT2D eigenvalue weighted by molar-refractivity contribution is 7.11. The third-order valence-corrected chi connectivity index (χ3v) is 6.44. The Morgan fingerprint density at radius 1 is 1.12 bits per heavy atom. The first kappa shape index (κ1) is 18.9. The van der Waals surface area contributed by atoms with Gasteiger partial charge in [-0.1, -0.05) is 18.2 Å². The van der Waals surface area contributed by atoms with Crippen LogP contribution in [0, 0.1) is 13.8 Å². The lowest BCUT2D eigenvalue weighted by atomic mass is 10.1. The summed E-state index contributed by atoms with van der Waals surface area (Å²) in [7, 11) is 3.34. The second kappa shape index (κ2) is 8.66. The van der Waals surface area contributed by atoms with E-state index in [2.05, 4.69) is 42.7 Å². The smallest absolute Gasteiger partial charge is 0.165 e. The van der Waals surface area contributed by atoms with Crippen molar-refractivity contribution in [3.05, 3.63) is 61.7 Å². The highest BCUT2D eigenvalue weighted by atomic mass is 32.1. The zero-order chi connectivity index (χ0) is 18.5. The SMILES string of the molecule is COc1cccc(CN[C@@H](Cc2cccs2)c2nc(C)c(C)s2)c1OC. The van der Waals surface area contributed by atoms with Gasteiger partial charge in [0.25, 0.3) is 0 Å². The average molecular weight is 389 g/mol. The molecule has 0 saturated carbocycles. The van der Waals surface area contributed by atoms with E-state index in [9.17, 15) is 0 Å². The van der Waals surface area contributed by atoms with Crippen LogP contribution in [0.25, 0.3) is 0 Å². The van der Waals surface area contributed by atoms with Gasteiger partial charge >= 0.3 is 0 Å². The van der Waals surface area contributed by atoms with E-state index in [1.54, 1.807) is 36.9 Å². The molecule has 1 atom stereocenters. The van der Waals surface area contributed by atoms with Gasteiger partial charge in [0.05, 0.1) is 26.0 Å². The molecule has 2 heterocycles. The predicted molar refractivity (Wildman–Crippen MR) is 109 cm³/mol. The number of nitrogens with one attached hydrogen (secondary N) is 1. The number of hydrogen-bond acceptors (Lipinski definition) is 6. The molecular formula is C20H24N2O2S2. The largest absolute Gasteiger partial charge is 0.493 e. The first-order valence-corrected chi connectivity index (χ1v) is 10.2. The van der Waals surface area contributed by atoms with Crippen LogP contribution in [-0.2, 0) is 13.0 Å². The van der Waals surface area contributed by atoms with Gasteiger partial charge in [-0.2, -0.15) is 0 Å². The fourth-order valence-electron chi connectivity index (χ4n) is 2.85. The van der Waals surface area contributed by atoms with Gasteiger partial charge in [-0.3, -0.25) is 0 Å². The van der Waals surface area contributed by atoms with E-state index in [0.29, 0.717) is 6.54 Å². The molecule has 6 heteroatoms. The normalized spacial score (nSPS) is 12.2. The van der Waals surface area contributed by atoms with Crippen molar-refractivity contribution in [2.24, 2.45) is 0 Å². The Morgan fingerprint density at radius 3 is 2.58 bits per heavy atom. The third kappa shape index (κ3) is 4.26. The summed E-state index contributed by atoms with van der Waals surface area (Å²) in [5.41, 5.74) is 2.19. The molecule has 0 aliphatic rings. The van der Waals surface area contributed by atoms with Crippen LogP contribution < -0.4 is 14.8 Å². The molecule has 26 heavy (non-hydrogen) atoms. The Morgan fingerprint density at radius 2 is 1.96 bits per heavy atom. The van der Waals surface area contributed by atoms with E-state index in [-0.39, 0.29) is 6.04 Å². The van der Waals surface area contributed by atoms with Gasteiger partial charge in [-0.15, -0.1) is 22.7 Å². The average Bonchev–Trinajstić information content (AvgIpc) is 3.28. The van der Waals surface area contributed by atoms with E-state index < -0.39 is 0 Å². The summed E-state index contributed by atoms with van der Waals surface area (Å²) in [6.07, 6.45) is 0.927. The molecule has 0 amide bonds. The molecule has 0 bridgehead atoms. The molecule has 138 valence electrons. The van der Waals surface area contributed by atoms with Crippen molar-refractivity contribution in [1.82, 2.24) is 10.3 Å². The molecule has 1 aromatic carbocycles. The molecule has 0 aliphatic heterocycles. The molecule has 0 spiro atoms. The van der Waals surface area contributed by atoms with Crippen molar-refractivity contribution >= 4 is 22.7 Å². The van der Waals surface area contributed by atoms with Crippen LogP contribution in [0.4, 0.5) is 0 Å². The monoisotopic (exact) mass is 388 g/mol. The van der Waals surface area contributed by atoms with Crippen LogP contribution in [0.5, 0.6) is 11.5 Å². The fourth-order valence-corrected chi connectivity index (χ4v) is 4.60. The van der Waals surface area contributed by atoms with E-state index in [0.717, 1.165) is 34.2 Å². The Labute approximate surface area is 162 Å². The van der Waals surface area contributed by atoms with Gasteiger partial charge in [0.1, 0.15) is 5.01 Å². The van der Waals surface area contributed by atoms with Crippen molar-refractivity contribution in [3.63, 3.8) is 0 Å². The van der Waals surface area contributed by atoms with Gasteiger partial charge in [-0.05, 0) is 31.4 Å². The number of benzene rings is 1. The summed E-state index contributed by atoms with van der Waals surface area (Å²) >= 11 is 3.56. The van der Waals surface area contributed by atoms with Crippen molar-refractivity contribution < 1.29 is 9.47 Å². The molecule has 3 aromatic rings. The van der Waals surface area contributed by atoms with Crippen LogP contribution in [0.15, 0.2) is 35.7 Å². The van der Waals surface area contributed by atoms with E-state index in [1.165, 1.54) is 9.75 Å². The second-order valence-electron chi connectivity index (χ2n) is 6.06. The lowest BCUT2D eigenvalue weighted by Crippen LogP contribution is -2.23. The minimum atomic E-state index is 0.168. The van der Waals surface area contributed by atoms with Gasteiger partial charge in [-0.25, -0.2) is 4.98 Å². The van der Waals surface area contributed by atoms with Gasteiger partial charge in [0.15, 0.2) is 11.5 Å².